The number of aromatic nitrogens is 2. The zero-order chi connectivity index (χ0) is 12.1. The molecule has 16 heavy (non-hydrogen) atoms. The first-order valence-corrected chi connectivity index (χ1v) is 4.71. The predicted molar refractivity (Wildman–Crippen MR) is 55.9 cm³/mol. The summed E-state index contributed by atoms with van der Waals surface area (Å²) >= 11 is 0. The molecule has 0 bridgehead atoms. The third kappa shape index (κ3) is 3.08. The van der Waals surface area contributed by atoms with E-state index in [-0.39, 0.29) is 11.8 Å². The molecule has 0 saturated carbocycles. The second kappa shape index (κ2) is 5.29. The highest BCUT2D eigenvalue weighted by Gasteiger charge is 2.13. The lowest BCUT2D eigenvalue weighted by Crippen LogP contribution is -2.21. The van der Waals surface area contributed by atoms with Crippen molar-refractivity contribution in [2.75, 3.05) is 14.2 Å². The van der Waals surface area contributed by atoms with Gasteiger partial charge in [-0.2, -0.15) is 9.97 Å². The Kier molecular flexibility index (Phi) is 4.04. The summed E-state index contributed by atoms with van der Waals surface area (Å²) in [6.45, 7) is 3.06. The van der Waals surface area contributed by atoms with E-state index in [1.165, 1.54) is 27.2 Å². The summed E-state index contributed by atoms with van der Waals surface area (Å²) in [5, 5.41) is 0. The van der Waals surface area contributed by atoms with Gasteiger partial charge >= 0.3 is 6.01 Å². The lowest BCUT2D eigenvalue weighted by Gasteiger charge is -2.11. The van der Waals surface area contributed by atoms with Crippen LogP contribution in [0.4, 0.5) is 0 Å². The lowest BCUT2D eigenvalue weighted by molar-refractivity contribution is -0.123. The molecule has 0 spiro atoms. The number of rotatable bonds is 5. The Morgan fingerprint density at radius 3 is 2.12 bits per heavy atom. The van der Waals surface area contributed by atoms with E-state index in [1.54, 1.807) is 6.92 Å². The molecule has 1 rings (SSSR count). The van der Waals surface area contributed by atoms with E-state index in [0.29, 0.717) is 11.8 Å². The number of Topliss-reactive ketones (excluding diaryl/α,β-unsaturated/α-hetero) is 1. The van der Waals surface area contributed by atoms with Crippen LogP contribution in [0.1, 0.15) is 13.8 Å². The average molecular weight is 226 g/mol. The van der Waals surface area contributed by atoms with Crippen LogP contribution in [-0.4, -0.2) is 36.1 Å². The summed E-state index contributed by atoms with van der Waals surface area (Å²) in [7, 11) is 2.94. The van der Waals surface area contributed by atoms with Crippen molar-refractivity contribution in [1.82, 2.24) is 9.97 Å². The number of carbonyl (C=O) groups is 1. The van der Waals surface area contributed by atoms with Gasteiger partial charge in [-0.3, -0.25) is 4.79 Å². The Bertz CT molecular complexity index is 359. The summed E-state index contributed by atoms with van der Waals surface area (Å²) < 4.78 is 15.1. The Morgan fingerprint density at radius 1 is 1.25 bits per heavy atom. The molecule has 88 valence electrons. The van der Waals surface area contributed by atoms with Crippen LogP contribution in [0.2, 0.25) is 0 Å². The van der Waals surface area contributed by atoms with Gasteiger partial charge in [0.2, 0.25) is 11.8 Å². The van der Waals surface area contributed by atoms with Crippen LogP contribution < -0.4 is 14.2 Å². The van der Waals surface area contributed by atoms with Gasteiger partial charge in [-0.15, -0.1) is 0 Å². The smallest absolute Gasteiger partial charge is 0.323 e. The molecule has 1 unspecified atom stereocenters. The van der Waals surface area contributed by atoms with Crippen LogP contribution in [0.25, 0.3) is 0 Å². The first-order valence-electron chi connectivity index (χ1n) is 4.71. The third-order valence-electron chi connectivity index (χ3n) is 1.93. The van der Waals surface area contributed by atoms with Gasteiger partial charge in [0.15, 0.2) is 11.9 Å². The molecule has 6 nitrogen and oxygen atoms in total. The summed E-state index contributed by atoms with van der Waals surface area (Å²) in [5.41, 5.74) is 0. The molecule has 0 fully saturated rings. The fraction of sp³-hybridized carbons (Fsp3) is 0.500. The second-order valence-electron chi connectivity index (χ2n) is 3.11. The van der Waals surface area contributed by atoms with Crippen LogP contribution in [0.15, 0.2) is 6.07 Å². The largest absolute Gasteiger partial charge is 0.481 e. The molecule has 0 saturated heterocycles. The molecule has 0 N–H and O–H groups in total. The molecular formula is C10H14N2O4. The van der Waals surface area contributed by atoms with E-state index in [4.69, 9.17) is 14.2 Å². The van der Waals surface area contributed by atoms with Crippen molar-refractivity contribution in [3.05, 3.63) is 6.07 Å². The van der Waals surface area contributed by atoms with Gasteiger partial charge in [-0.05, 0) is 13.8 Å². The molecule has 0 aliphatic carbocycles. The van der Waals surface area contributed by atoms with Crippen LogP contribution in [0.3, 0.4) is 0 Å². The monoisotopic (exact) mass is 226 g/mol. The van der Waals surface area contributed by atoms with E-state index in [1.807, 2.05) is 0 Å². The number of ether oxygens (including phenoxy) is 3. The number of methoxy groups -OCH3 is 2. The van der Waals surface area contributed by atoms with E-state index < -0.39 is 6.10 Å². The highest BCUT2D eigenvalue weighted by atomic mass is 16.5. The van der Waals surface area contributed by atoms with Gasteiger partial charge in [0.1, 0.15) is 0 Å². The minimum atomic E-state index is -0.600. The Morgan fingerprint density at radius 2 is 1.75 bits per heavy atom. The number of carbonyl (C=O) groups excluding carboxylic acids is 1. The normalized spacial score (nSPS) is 11.8. The molecule has 0 aromatic carbocycles. The molecule has 0 amide bonds. The van der Waals surface area contributed by atoms with E-state index in [2.05, 4.69) is 9.97 Å². The average Bonchev–Trinajstić information content (AvgIpc) is 2.28. The molecule has 6 heteroatoms. The van der Waals surface area contributed by atoms with Crippen LogP contribution >= 0.6 is 0 Å². The maximum Gasteiger partial charge on any atom is 0.323 e. The van der Waals surface area contributed by atoms with Crippen LogP contribution in [-0.2, 0) is 4.79 Å². The van der Waals surface area contributed by atoms with E-state index >= 15 is 0 Å². The zero-order valence-corrected chi connectivity index (χ0v) is 9.68. The van der Waals surface area contributed by atoms with Crippen LogP contribution in [0.5, 0.6) is 17.8 Å². The van der Waals surface area contributed by atoms with Crippen molar-refractivity contribution in [2.24, 2.45) is 0 Å². The van der Waals surface area contributed by atoms with Crippen LogP contribution in [0, 0.1) is 0 Å². The fourth-order valence-corrected chi connectivity index (χ4v) is 0.887. The molecule has 0 aliphatic heterocycles. The Hall–Kier alpha value is -1.85. The predicted octanol–water partition coefficient (Wildman–Crippen LogP) is 0.850. The van der Waals surface area contributed by atoms with Gasteiger partial charge in [-0.1, -0.05) is 0 Å². The first-order chi connectivity index (χ1) is 7.56. The van der Waals surface area contributed by atoms with Gasteiger partial charge in [0.25, 0.3) is 0 Å². The minimum Gasteiger partial charge on any atom is -0.481 e. The molecular weight excluding hydrogens is 212 g/mol. The summed E-state index contributed by atoms with van der Waals surface area (Å²) in [4.78, 5) is 18.9. The summed E-state index contributed by atoms with van der Waals surface area (Å²) in [6, 6.07) is 1.57. The van der Waals surface area contributed by atoms with Crippen molar-refractivity contribution in [2.45, 2.75) is 20.0 Å². The number of hydrogen-bond donors (Lipinski definition) is 0. The second-order valence-corrected chi connectivity index (χ2v) is 3.11. The maximum absolute atomic E-state index is 11.0. The standard InChI is InChI=1S/C10H14N2O4/c1-6(13)7(2)16-10-11-8(14-3)5-9(12-10)15-4/h5,7H,1-4H3. The van der Waals surface area contributed by atoms with Crippen molar-refractivity contribution in [1.29, 1.82) is 0 Å². The molecule has 0 aliphatic rings. The van der Waals surface area contributed by atoms with Gasteiger partial charge in [-0.25, -0.2) is 0 Å². The van der Waals surface area contributed by atoms with E-state index in [9.17, 15) is 4.79 Å². The minimum absolute atomic E-state index is 0.0545. The topological polar surface area (TPSA) is 70.5 Å². The molecule has 1 atom stereocenters. The van der Waals surface area contributed by atoms with Gasteiger partial charge < -0.3 is 14.2 Å². The lowest BCUT2D eigenvalue weighted by atomic mass is 10.3. The van der Waals surface area contributed by atoms with Crippen molar-refractivity contribution in [3.63, 3.8) is 0 Å². The first kappa shape index (κ1) is 12.2. The zero-order valence-electron chi connectivity index (χ0n) is 9.68. The highest BCUT2D eigenvalue weighted by Crippen LogP contribution is 2.19. The van der Waals surface area contributed by atoms with Crippen molar-refractivity contribution >= 4 is 5.78 Å². The molecule has 1 heterocycles. The fourth-order valence-electron chi connectivity index (χ4n) is 0.887. The van der Waals surface area contributed by atoms with Gasteiger partial charge in [0.05, 0.1) is 20.3 Å². The number of hydrogen-bond acceptors (Lipinski definition) is 6. The highest BCUT2D eigenvalue weighted by molar-refractivity contribution is 5.80. The Labute approximate surface area is 93.6 Å². The summed E-state index contributed by atoms with van der Waals surface area (Å²) in [5.74, 6) is 0.528. The number of nitrogens with zero attached hydrogens (tertiary/aromatic N) is 2. The Balaban J connectivity index is 2.90. The van der Waals surface area contributed by atoms with Crippen molar-refractivity contribution in [3.8, 4) is 17.8 Å². The third-order valence-corrected chi connectivity index (χ3v) is 1.93. The number of ketones is 1. The van der Waals surface area contributed by atoms with E-state index in [0.717, 1.165) is 0 Å². The molecule has 0 radical (unpaired) electrons. The van der Waals surface area contributed by atoms with Crippen molar-refractivity contribution < 1.29 is 19.0 Å². The maximum atomic E-state index is 11.0. The van der Waals surface area contributed by atoms with Gasteiger partial charge in [0, 0.05) is 0 Å². The quantitative estimate of drug-likeness (QED) is 0.741. The SMILES string of the molecule is COc1cc(OC)nc(OC(C)C(C)=O)n1. The molecule has 1 aromatic heterocycles. The summed E-state index contributed by atoms with van der Waals surface area (Å²) in [6.07, 6.45) is -0.600. The molecule has 1 aromatic rings.